The lowest BCUT2D eigenvalue weighted by Gasteiger charge is -2.38. The zero-order valence-corrected chi connectivity index (χ0v) is 12.0. The number of fused-ring (bicyclic) bond motifs is 1. The lowest BCUT2D eigenvalue weighted by Crippen LogP contribution is -2.49. The van der Waals surface area contributed by atoms with E-state index in [-0.39, 0.29) is 11.9 Å². The summed E-state index contributed by atoms with van der Waals surface area (Å²) in [5.74, 6) is 0.767. The summed E-state index contributed by atoms with van der Waals surface area (Å²) in [5, 5.41) is 0. The van der Waals surface area contributed by atoms with Crippen molar-refractivity contribution < 1.29 is 9.53 Å². The molecule has 0 radical (unpaired) electrons. The van der Waals surface area contributed by atoms with Crippen molar-refractivity contribution in [3.05, 3.63) is 34.9 Å². The lowest BCUT2D eigenvalue weighted by molar-refractivity contribution is 0.0573. The molecule has 1 fully saturated rings. The molecule has 0 aromatic heterocycles. The van der Waals surface area contributed by atoms with E-state index in [1.807, 2.05) is 23.1 Å². The van der Waals surface area contributed by atoms with Gasteiger partial charge in [-0.05, 0) is 42.0 Å². The van der Waals surface area contributed by atoms with E-state index in [1.165, 1.54) is 5.56 Å². The molecule has 3 rings (SSSR count). The molecule has 1 amide bonds. The Kier molecular flexibility index (Phi) is 3.76. The molecule has 0 spiro atoms. The quantitative estimate of drug-likeness (QED) is 0.896. The number of likely N-dealkylation sites (tertiary alicyclic amines) is 1. The van der Waals surface area contributed by atoms with Crippen LogP contribution in [0.25, 0.3) is 0 Å². The van der Waals surface area contributed by atoms with Crippen molar-refractivity contribution in [3.8, 4) is 0 Å². The molecule has 1 aromatic carbocycles. The number of hydrogen-bond acceptors (Lipinski definition) is 3. The molecule has 2 heterocycles. The standard InChI is InChI=1S/C16H22N2O2/c1-11-4-5-18(15(6-11)8-17)16(19)12-2-3-13-9-20-10-14(13)7-12/h2-3,7,11,15H,4-6,8-10,17H2,1H3. The van der Waals surface area contributed by atoms with Crippen LogP contribution in [0.3, 0.4) is 0 Å². The fraction of sp³-hybridized carbons (Fsp3) is 0.562. The normalized spacial score (nSPS) is 25.6. The van der Waals surface area contributed by atoms with Gasteiger partial charge in [0, 0.05) is 24.7 Å². The predicted molar refractivity (Wildman–Crippen MR) is 77.2 cm³/mol. The summed E-state index contributed by atoms with van der Waals surface area (Å²) in [6.45, 7) is 4.88. The molecule has 2 aliphatic rings. The smallest absolute Gasteiger partial charge is 0.254 e. The fourth-order valence-corrected chi connectivity index (χ4v) is 3.21. The third kappa shape index (κ3) is 2.45. The number of hydrogen-bond donors (Lipinski definition) is 1. The Morgan fingerprint density at radius 3 is 3.00 bits per heavy atom. The van der Waals surface area contributed by atoms with Gasteiger partial charge in [0.1, 0.15) is 0 Å². The molecule has 4 nitrogen and oxygen atoms in total. The summed E-state index contributed by atoms with van der Waals surface area (Å²) in [7, 11) is 0. The van der Waals surface area contributed by atoms with Crippen LogP contribution in [0.1, 0.15) is 41.3 Å². The second-order valence-electron chi connectivity index (χ2n) is 5.99. The number of benzene rings is 1. The van der Waals surface area contributed by atoms with Gasteiger partial charge in [0.05, 0.1) is 13.2 Å². The van der Waals surface area contributed by atoms with Crippen molar-refractivity contribution >= 4 is 5.91 Å². The zero-order chi connectivity index (χ0) is 14.1. The first kappa shape index (κ1) is 13.6. The van der Waals surface area contributed by atoms with E-state index in [9.17, 15) is 4.79 Å². The van der Waals surface area contributed by atoms with Crippen molar-refractivity contribution in [2.75, 3.05) is 13.1 Å². The largest absolute Gasteiger partial charge is 0.372 e. The van der Waals surface area contributed by atoms with Crippen LogP contribution in [-0.2, 0) is 18.0 Å². The molecule has 108 valence electrons. The Bertz CT molecular complexity index is 515. The Labute approximate surface area is 119 Å². The number of nitrogens with zero attached hydrogens (tertiary/aromatic N) is 1. The van der Waals surface area contributed by atoms with Crippen molar-refractivity contribution in [3.63, 3.8) is 0 Å². The van der Waals surface area contributed by atoms with Crippen LogP contribution < -0.4 is 5.73 Å². The molecule has 4 heteroatoms. The first-order valence-corrected chi connectivity index (χ1v) is 7.39. The van der Waals surface area contributed by atoms with Crippen LogP contribution in [0.15, 0.2) is 18.2 Å². The Morgan fingerprint density at radius 2 is 2.20 bits per heavy atom. The summed E-state index contributed by atoms with van der Waals surface area (Å²) in [6.07, 6.45) is 2.08. The lowest BCUT2D eigenvalue weighted by atomic mass is 9.91. The van der Waals surface area contributed by atoms with Crippen LogP contribution in [0, 0.1) is 5.92 Å². The predicted octanol–water partition coefficient (Wildman–Crippen LogP) is 1.92. The van der Waals surface area contributed by atoms with Crippen LogP contribution >= 0.6 is 0 Å². The number of amides is 1. The maximum Gasteiger partial charge on any atom is 0.254 e. The molecule has 2 unspecified atom stereocenters. The Morgan fingerprint density at radius 1 is 1.40 bits per heavy atom. The van der Waals surface area contributed by atoms with Crippen molar-refractivity contribution in [2.45, 2.75) is 39.0 Å². The number of piperidine rings is 1. The van der Waals surface area contributed by atoms with Gasteiger partial charge in [0.2, 0.25) is 0 Å². The topological polar surface area (TPSA) is 55.6 Å². The van der Waals surface area contributed by atoms with E-state index >= 15 is 0 Å². The molecule has 1 aromatic rings. The number of rotatable bonds is 2. The fourth-order valence-electron chi connectivity index (χ4n) is 3.21. The monoisotopic (exact) mass is 274 g/mol. The highest BCUT2D eigenvalue weighted by molar-refractivity contribution is 5.94. The third-order valence-corrected chi connectivity index (χ3v) is 4.48. The highest BCUT2D eigenvalue weighted by Crippen LogP contribution is 2.26. The summed E-state index contributed by atoms with van der Waals surface area (Å²) < 4.78 is 5.41. The maximum atomic E-state index is 12.7. The minimum absolute atomic E-state index is 0.113. The van der Waals surface area contributed by atoms with E-state index in [0.717, 1.165) is 30.5 Å². The minimum Gasteiger partial charge on any atom is -0.372 e. The second kappa shape index (κ2) is 5.54. The maximum absolute atomic E-state index is 12.7. The van der Waals surface area contributed by atoms with E-state index < -0.39 is 0 Å². The Balaban J connectivity index is 1.81. The van der Waals surface area contributed by atoms with Crippen molar-refractivity contribution in [1.29, 1.82) is 0 Å². The average Bonchev–Trinajstić information content (AvgIpc) is 2.93. The molecule has 0 aliphatic carbocycles. The van der Waals surface area contributed by atoms with Crippen LogP contribution in [-0.4, -0.2) is 29.9 Å². The molecule has 0 saturated carbocycles. The van der Waals surface area contributed by atoms with Gasteiger partial charge in [-0.2, -0.15) is 0 Å². The second-order valence-corrected chi connectivity index (χ2v) is 5.99. The number of ether oxygens (including phenoxy) is 1. The highest BCUT2D eigenvalue weighted by atomic mass is 16.5. The number of carbonyl (C=O) groups is 1. The van der Waals surface area contributed by atoms with Gasteiger partial charge in [0.25, 0.3) is 5.91 Å². The van der Waals surface area contributed by atoms with Gasteiger partial charge in [-0.15, -0.1) is 0 Å². The van der Waals surface area contributed by atoms with Crippen molar-refractivity contribution in [2.24, 2.45) is 11.7 Å². The van der Waals surface area contributed by atoms with Gasteiger partial charge in [-0.3, -0.25) is 4.79 Å². The third-order valence-electron chi connectivity index (χ3n) is 4.48. The zero-order valence-electron chi connectivity index (χ0n) is 12.0. The van der Waals surface area contributed by atoms with E-state index in [4.69, 9.17) is 10.5 Å². The van der Waals surface area contributed by atoms with Crippen LogP contribution in [0.4, 0.5) is 0 Å². The number of nitrogens with two attached hydrogens (primary N) is 1. The Hall–Kier alpha value is -1.39. The van der Waals surface area contributed by atoms with E-state index in [1.54, 1.807) is 0 Å². The van der Waals surface area contributed by atoms with Gasteiger partial charge in [0.15, 0.2) is 0 Å². The summed E-state index contributed by atoms with van der Waals surface area (Å²) >= 11 is 0. The average molecular weight is 274 g/mol. The molecular weight excluding hydrogens is 252 g/mol. The van der Waals surface area contributed by atoms with Gasteiger partial charge in [-0.25, -0.2) is 0 Å². The van der Waals surface area contributed by atoms with E-state index in [0.29, 0.717) is 25.7 Å². The molecule has 1 saturated heterocycles. The molecule has 2 N–H and O–H groups in total. The summed E-state index contributed by atoms with van der Waals surface area (Å²) in [4.78, 5) is 14.7. The minimum atomic E-state index is 0.113. The van der Waals surface area contributed by atoms with Gasteiger partial charge < -0.3 is 15.4 Å². The molecule has 2 aliphatic heterocycles. The molecule has 0 bridgehead atoms. The first-order chi connectivity index (χ1) is 9.69. The number of carbonyl (C=O) groups excluding carboxylic acids is 1. The van der Waals surface area contributed by atoms with Gasteiger partial charge in [-0.1, -0.05) is 13.0 Å². The molecule has 2 atom stereocenters. The first-order valence-electron chi connectivity index (χ1n) is 7.39. The molecular formula is C16H22N2O2. The SMILES string of the molecule is CC1CCN(C(=O)c2ccc3c(c2)COC3)C(CN)C1. The van der Waals surface area contributed by atoms with E-state index in [2.05, 4.69) is 6.92 Å². The summed E-state index contributed by atoms with van der Waals surface area (Å²) in [5.41, 5.74) is 8.96. The highest BCUT2D eigenvalue weighted by Gasteiger charge is 2.29. The van der Waals surface area contributed by atoms with Crippen molar-refractivity contribution in [1.82, 2.24) is 4.90 Å². The summed E-state index contributed by atoms with van der Waals surface area (Å²) in [6, 6.07) is 6.09. The molecule has 20 heavy (non-hydrogen) atoms. The van der Waals surface area contributed by atoms with Gasteiger partial charge >= 0.3 is 0 Å². The van der Waals surface area contributed by atoms with Crippen LogP contribution in [0.2, 0.25) is 0 Å². The van der Waals surface area contributed by atoms with Crippen LogP contribution in [0.5, 0.6) is 0 Å².